The number of aromatic nitrogens is 6. The summed E-state index contributed by atoms with van der Waals surface area (Å²) < 4.78 is 3.48. The number of imidazole rings is 1. The molecule has 4 rings (SSSR count). The first kappa shape index (κ1) is 17.6. The molecule has 3 aromatic heterocycles. The Labute approximate surface area is 162 Å². The van der Waals surface area contributed by atoms with Crippen molar-refractivity contribution in [1.29, 1.82) is 0 Å². The van der Waals surface area contributed by atoms with Gasteiger partial charge in [0.15, 0.2) is 0 Å². The lowest BCUT2D eigenvalue weighted by Gasteiger charge is -2.25. The summed E-state index contributed by atoms with van der Waals surface area (Å²) in [6.07, 6.45) is 9.89. The summed E-state index contributed by atoms with van der Waals surface area (Å²) in [7, 11) is 1.79. The van der Waals surface area contributed by atoms with Crippen molar-refractivity contribution >= 4 is 5.91 Å². The number of carbonyl (C=O) groups is 1. The summed E-state index contributed by atoms with van der Waals surface area (Å²) >= 11 is 0. The molecule has 0 aliphatic rings. The molecule has 0 radical (unpaired) electrons. The number of rotatable bonds is 5. The van der Waals surface area contributed by atoms with Crippen molar-refractivity contribution in [3.63, 3.8) is 0 Å². The van der Waals surface area contributed by atoms with Gasteiger partial charge in [-0.2, -0.15) is 5.10 Å². The SMILES string of the molecule is CC(c1ccc(-n2cncn2)cc1)N(C)C(=O)c1ccc(-n2ccnc2)nc1. The molecule has 140 valence electrons. The Kier molecular flexibility index (Phi) is 4.67. The molecule has 8 heteroatoms. The average Bonchev–Trinajstić information content (AvgIpc) is 3.47. The normalized spacial score (nSPS) is 11.9. The van der Waals surface area contributed by atoms with Crippen LogP contribution in [0.25, 0.3) is 11.5 Å². The largest absolute Gasteiger partial charge is 0.335 e. The van der Waals surface area contributed by atoms with E-state index in [0.29, 0.717) is 11.4 Å². The fourth-order valence-corrected chi connectivity index (χ4v) is 2.91. The molecule has 0 fully saturated rings. The van der Waals surface area contributed by atoms with Crippen LogP contribution in [-0.2, 0) is 0 Å². The number of hydrogen-bond donors (Lipinski definition) is 0. The lowest BCUT2D eigenvalue weighted by molar-refractivity contribution is 0.0742. The van der Waals surface area contributed by atoms with Gasteiger partial charge in [-0.1, -0.05) is 12.1 Å². The zero-order chi connectivity index (χ0) is 19.5. The van der Waals surface area contributed by atoms with Gasteiger partial charge >= 0.3 is 0 Å². The second-order valence-electron chi connectivity index (χ2n) is 6.40. The average molecular weight is 373 g/mol. The molecule has 1 aromatic carbocycles. The smallest absolute Gasteiger partial charge is 0.255 e. The number of benzene rings is 1. The molecule has 1 atom stereocenters. The van der Waals surface area contributed by atoms with Crippen molar-refractivity contribution < 1.29 is 4.79 Å². The quantitative estimate of drug-likeness (QED) is 0.537. The highest BCUT2D eigenvalue weighted by molar-refractivity contribution is 5.94. The van der Waals surface area contributed by atoms with E-state index in [9.17, 15) is 4.79 Å². The first-order chi connectivity index (χ1) is 13.6. The highest BCUT2D eigenvalue weighted by atomic mass is 16.2. The molecule has 8 nitrogen and oxygen atoms in total. The second-order valence-corrected chi connectivity index (χ2v) is 6.40. The van der Waals surface area contributed by atoms with Gasteiger partial charge < -0.3 is 4.90 Å². The topological polar surface area (TPSA) is 81.7 Å². The Morgan fingerprint density at radius 1 is 1.07 bits per heavy atom. The molecule has 28 heavy (non-hydrogen) atoms. The van der Waals surface area contributed by atoms with E-state index >= 15 is 0 Å². The summed E-state index contributed by atoms with van der Waals surface area (Å²) in [5, 5.41) is 4.12. The Morgan fingerprint density at radius 3 is 2.50 bits per heavy atom. The van der Waals surface area contributed by atoms with Crippen molar-refractivity contribution in [2.45, 2.75) is 13.0 Å². The van der Waals surface area contributed by atoms with Gasteiger partial charge in [0.25, 0.3) is 5.91 Å². The van der Waals surface area contributed by atoms with Gasteiger partial charge in [-0.3, -0.25) is 9.36 Å². The van der Waals surface area contributed by atoms with Crippen LogP contribution in [0.4, 0.5) is 0 Å². The minimum Gasteiger partial charge on any atom is -0.335 e. The van der Waals surface area contributed by atoms with Crippen molar-refractivity contribution in [3.8, 4) is 11.5 Å². The van der Waals surface area contributed by atoms with Gasteiger partial charge in [-0.25, -0.2) is 19.6 Å². The Balaban J connectivity index is 1.48. The van der Waals surface area contributed by atoms with Crippen LogP contribution in [0.5, 0.6) is 0 Å². The van der Waals surface area contributed by atoms with E-state index in [1.165, 1.54) is 6.33 Å². The summed E-state index contributed by atoms with van der Waals surface area (Å²) in [5.41, 5.74) is 2.49. The molecule has 3 heterocycles. The summed E-state index contributed by atoms with van der Waals surface area (Å²) in [6.45, 7) is 2.00. The van der Waals surface area contributed by atoms with E-state index < -0.39 is 0 Å². The fourth-order valence-electron chi connectivity index (χ4n) is 2.91. The fraction of sp³-hybridized carbons (Fsp3) is 0.150. The van der Waals surface area contributed by atoms with Crippen LogP contribution in [0.1, 0.15) is 28.9 Å². The summed E-state index contributed by atoms with van der Waals surface area (Å²) in [6, 6.07) is 11.4. The van der Waals surface area contributed by atoms with Crippen LogP contribution in [0.15, 0.2) is 74.0 Å². The van der Waals surface area contributed by atoms with Crippen molar-refractivity contribution in [2.75, 3.05) is 7.05 Å². The van der Waals surface area contributed by atoms with Gasteiger partial charge in [0, 0.05) is 25.6 Å². The minimum atomic E-state index is -0.0920. The van der Waals surface area contributed by atoms with E-state index in [-0.39, 0.29) is 11.9 Å². The van der Waals surface area contributed by atoms with E-state index in [0.717, 1.165) is 11.3 Å². The monoisotopic (exact) mass is 373 g/mol. The number of pyridine rings is 1. The maximum absolute atomic E-state index is 12.9. The van der Waals surface area contributed by atoms with Gasteiger partial charge in [-0.15, -0.1) is 0 Å². The minimum absolute atomic E-state index is 0.0856. The summed E-state index contributed by atoms with van der Waals surface area (Å²) in [4.78, 5) is 26.9. The third-order valence-corrected chi connectivity index (χ3v) is 4.72. The number of nitrogens with zero attached hydrogens (tertiary/aromatic N) is 7. The van der Waals surface area contributed by atoms with Gasteiger partial charge in [0.2, 0.25) is 0 Å². The molecular formula is C20H19N7O. The third kappa shape index (κ3) is 3.39. The molecule has 0 aliphatic heterocycles. The molecule has 0 spiro atoms. The predicted molar refractivity (Wildman–Crippen MR) is 103 cm³/mol. The van der Waals surface area contributed by atoms with Crippen LogP contribution in [0.3, 0.4) is 0 Å². The highest BCUT2D eigenvalue weighted by Crippen LogP contribution is 2.22. The molecular weight excluding hydrogens is 354 g/mol. The molecule has 1 amide bonds. The van der Waals surface area contributed by atoms with Crippen molar-refractivity contribution in [2.24, 2.45) is 0 Å². The molecule has 0 saturated heterocycles. The van der Waals surface area contributed by atoms with E-state index in [2.05, 4.69) is 20.1 Å². The molecule has 0 aliphatic carbocycles. The lowest BCUT2D eigenvalue weighted by atomic mass is 10.1. The predicted octanol–water partition coefficient (Wildman–Crippen LogP) is 2.68. The number of hydrogen-bond acceptors (Lipinski definition) is 5. The second kappa shape index (κ2) is 7.43. The first-order valence-corrected chi connectivity index (χ1v) is 8.80. The Hall–Kier alpha value is -3.81. The van der Waals surface area contributed by atoms with Gasteiger partial charge in [0.1, 0.15) is 24.8 Å². The summed E-state index contributed by atoms with van der Waals surface area (Å²) in [5.74, 6) is 0.631. The Bertz CT molecular complexity index is 1040. The third-order valence-electron chi connectivity index (χ3n) is 4.72. The van der Waals surface area contributed by atoms with Crippen LogP contribution >= 0.6 is 0 Å². The standard InChI is InChI=1S/C20H19N7O/c1-15(16-3-6-18(7-4-16)27-14-22-12-24-27)25(2)20(28)17-5-8-19(23-11-17)26-10-9-21-13-26/h3-15H,1-2H3. The van der Waals surface area contributed by atoms with Crippen LogP contribution in [0.2, 0.25) is 0 Å². The van der Waals surface area contributed by atoms with E-state index in [4.69, 9.17) is 0 Å². The molecule has 0 bridgehead atoms. The van der Waals surface area contributed by atoms with Gasteiger partial charge in [0.05, 0.1) is 17.3 Å². The molecule has 0 saturated carbocycles. The Morgan fingerprint density at radius 2 is 1.89 bits per heavy atom. The van der Waals surface area contributed by atoms with Crippen molar-refractivity contribution in [1.82, 2.24) is 34.2 Å². The molecule has 1 unspecified atom stereocenters. The zero-order valence-electron chi connectivity index (χ0n) is 15.5. The van der Waals surface area contributed by atoms with Gasteiger partial charge in [-0.05, 0) is 36.8 Å². The highest BCUT2D eigenvalue weighted by Gasteiger charge is 2.19. The first-order valence-electron chi connectivity index (χ1n) is 8.80. The van der Waals surface area contributed by atoms with Crippen LogP contribution in [0, 0.1) is 0 Å². The molecule has 0 N–H and O–H groups in total. The van der Waals surface area contributed by atoms with Crippen LogP contribution in [-0.4, -0.2) is 47.2 Å². The lowest BCUT2D eigenvalue weighted by Crippen LogP contribution is -2.29. The van der Waals surface area contributed by atoms with Crippen molar-refractivity contribution in [3.05, 3.63) is 85.1 Å². The maximum Gasteiger partial charge on any atom is 0.255 e. The number of carbonyl (C=O) groups excluding carboxylic acids is 1. The van der Waals surface area contributed by atoms with Crippen LogP contribution < -0.4 is 0 Å². The molecule has 4 aromatic rings. The number of amides is 1. The van der Waals surface area contributed by atoms with E-state index in [1.54, 1.807) is 64.6 Å². The zero-order valence-corrected chi connectivity index (χ0v) is 15.5. The van der Waals surface area contributed by atoms with E-state index in [1.807, 2.05) is 31.2 Å². The maximum atomic E-state index is 12.9.